The van der Waals surface area contributed by atoms with Gasteiger partial charge in [-0.2, -0.15) is 18.1 Å². The molecule has 1 heterocycles. The van der Waals surface area contributed by atoms with Crippen LogP contribution in [0, 0.1) is 0 Å². The third-order valence-electron chi connectivity index (χ3n) is 3.19. The number of anilines is 1. The van der Waals surface area contributed by atoms with E-state index < -0.39 is 12.5 Å². The fourth-order valence-corrected chi connectivity index (χ4v) is 2.74. The van der Waals surface area contributed by atoms with Gasteiger partial charge in [0.1, 0.15) is 11.5 Å². The highest BCUT2D eigenvalue weighted by molar-refractivity contribution is 7.10. The number of nitrogens with one attached hydrogen (secondary N) is 1. The second-order valence-corrected chi connectivity index (χ2v) is 6.31. The Kier molecular flexibility index (Phi) is 6.15. The lowest BCUT2D eigenvalue weighted by Crippen LogP contribution is -2.20. The van der Waals surface area contributed by atoms with Crippen LogP contribution in [0.25, 0.3) is 11.4 Å². The number of rotatable bonds is 7. The molecule has 0 saturated carbocycles. The summed E-state index contributed by atoms with van der Waals surface area (Å²) in [7, 11) is 0. The lowest BCUT2D eigenvalue weighted by Gasteiger charge is -2.05. The normalized spacial score (nSPS) is 10.7. The highest BCUT2D eigenvalue weighted by atomic mass is 35.5. The van der Waals surface area contributed by atoms with E-state index in [0.717, 1.165) is 11.5 Å². The van der Waals surface area contributed by atoms with Crippen LogP contribution in [-0.2, 0) is 4.79 Å². The summed E-state index contributed by atoms with van der Waals surface area (Å²) >= 11 is 6.77. The van der Waals surface area contributed by atoms with E-state index in [0.29, 0.717) is 27.3 Å². The molecule has 3 rings (SSSR count). The number of benzene rings is 2. The lowest BCUT2D eigenvalue weighted by molar-refractivity contribution is -0.118. The van der Waals surface area contributed by atoms with Crippen LogP contribution >= 0.6 is 23.1 Å². The zero-order valence-corrected chi connectivity index (χ0v) is 15.1. The first kappa shape index (κ1) is 19.0. The molecule has 0 fully saturated rings. The molecule has 0 aliphatic rings. The van der Waals surface area contributed by atoms with Crippen molar-refractivity contribution in [3.8, 4) is 22.9 Å². The summed E-state index contributed by atoms with van der Waals surface area (Å²) in [5.41, 5.74) is 0.603. The Morgan fingerprint density at radius 3 is 2.44 bits per heavy atom. The number of nitrogens with zero attached hydrogens (tertiary/aromatic N) is 2. The number of ether oxygens (including phenoxy) is 2. The summed E-state index contributed by atoms with van der Waals surface area (Å²) in [6, 6.07) is 12.5. The van der Waals surface area contributed by atoms with Gasteiger partial charge < -0.3 is 9.47 Å². The predicted octanol–water partition coefficient (Wildman–Crippen LogP) is 4.48. The molecule has 0 aliphatic heterocycles. The maximum atomic E-state index is 12.2. The zero-order valence-electron chi connectivity index (χ0n) is 13.6. The minimum absolute atomic E-state index is 0.0388. The number of alkyl halides is 2. The molecule has 0 unspecified atom stereocenters. The fraction of sp³-hybridized carbons (Fsp3) is 0.118. The van der Waals surface area contributed by atoms with E-state index in [1.165, 1.54) is 12.1 Å². The van der Waals surface area contributed by atoms with E-state index in [2.05, 4.69) is 19.4 Å². The highest BCUT2D eigenvalue weighted by Crippen LogP contribution is 2.24. The number of aromatic nitrogens is 2. The van der Waals surface area contributed by atoms with Gasteiger partial charge in [-0.25, -0.2) is 0 Å². The van der Waals surface area contributed by atoms with Crippen molar-refractivity contribution in [2.24, 2.45) is 0 Å². The molecule has 0 atom stereocenters. The molecule has 6 nitrogen and oxygen atoms in total. The number of hydrogen-bond donors (Lipinski definition) is 1. The molecule has 1 amide bonds. The van der Waals surface area contributed by atoms with Crippen molar-refractivity contribution in [1.29, 1.82) is 0 Å². The third kappa shape index (κ3) is 5.60. The van der Waals surface area contributed by atoms with E-state index in [9.17, 15) is 13.6 Å². The van der Waals surface area contributed by atoms with Crippen molar-refractivity contribution >= 4 is 34.2 Å². The average molecular weight is 412 g/mol. The smallest absolute Gasteiger partial charge is 0.387 e. The molecule has 0 radical (unpaired) electrons. The SMILES string of the molecule is O=C(COc1ccc(Cl)cc1)Nc1nc(-c2ccc(OC(F)F)cc2)ns1. The molecule has 0 aliphatic carbocycles. The summed E-state index contributed by atoms with van der Waals surface area (Å²) in [5.74, 6) is 0.515. The van der Waals surface area contributed by atoms with Crippen molar-refractivity contribution in [3.05, 3.63) is 53.6 Å². The molecule has 2 aromatic carbocycles. The second kappa shape index (κ2) is 8.74. The first-order valence-electron chi connectivity index (χ1n) is 7.57. The van der Waals surface area contributed by atoms with Crippen LogP contribution in [-0.4, -0.2) is 28.5 Å². The molecular weight excluding hydrogens is 400 g/mol. The largest absolute Gasteiger partial charge is 0.484 e. The Morgan fingerprint density at radius 1 is 1.11 bits per heavy atom. The van der Waals surface area contributed by atoms with E-state index in [-0.39, 0.29) is 12.4 Å². The van der Waals surface area contributed by atoms with Crippen LogP contribution in [0.3, 0.4) is 0 Å². The van der Waals surface area contributed by atoms with Gasteiger partial charge in [0, 0.05) is 22.1 Å². The first-order chi connectivity index (χ1) is 13.0. The van der Waals surface area contributed by atoms with Crippen LogP contribution in [0.15, 0.2) is 48.5 Å². The van der Waals surface area contributed by atoms with Gasteiger partial charge in [-0.3, -0.25) is 10.1 Å². The maximum Gasteiger partial charge on any atom is 0.387 e. The number of hydrogen-bond acceptors (Lipinski definition) is 6. The Labute approximate surface area is 161 Å². The standard InChI is InChI=1S/C17H12ClF2N3O3S/c18-11-3-7-12(8-4-11)25-9-14(24)21-17-22-15(23-27-17)10-1-5-13(6-2-10)26-16(19)20/h1-8,16H,9H2,(H,21,22,23,24). The molecular formula is C17H12ClF2N3O3S. The van der Waals surface area contributed by atoms with Crippen molar-refractivity contribution < 1.29 is 23.0 Å². The number of halogens is 3. The molecule has 0 saturated heterocycles. The summed E-state index contributed by atoms with van der Waals surface area (Å²) in [6.45, 7) is -3.08. The van der Waals surface area contributed by atoms with Gasteiger partial charge in [0.25, 0.3) is 5.91 Å². The van der Waals surface area contributed by atoms with Crippen molar-refractivity contribution in [1.82, 2.24) is 9.36 Å². The van der Waals surface area contributed by atoms with E-state index in [1.54, 1.807) is 36.4 Å². The quantitative estimate of drug-likeness (QED) is 0.620. The predicted molar refractivity (Wildman–Crippen MR) is 97.6 cm³/mol. The molecule has 27 heavy (non-hydrogen) atoms. The monoisotopic (exact) mass is 411 g/mol. The Balaban J connectivity index is 1.55. The van der Waals surface area contributed by atoms with Gasteiger partial charge in [0.15, 0.2) is 12.4 Å². The van der Waals surface area contributed by atoms with Crippen LogP contribution < -0.4 is 14.8 Å². The van der Waals surface area contributed by atoms with Gasteiger partial charge in [-0.05, 0) is 48.5 Å². The zero-order chi connectivity index (χ0) is 19.2. The Hall–Kier alpha value is -2.78. The Morgan fingerprint density at radius 2 is 1.78 bits per heavy atom. The minimum Gasteiger partial charge on any atom is -0.484 e. The highest BCUT2D eigenvalue weighted by Gasteiger charge is 2.11. The molecule has 10 heteroatoms. The van der Waals surface area contributed by atoms with Gasteiger partial charge >= 0.3 is 6.61 Å². The van der Waals surface area contributed by atoms with Gasteiger partial charge in [0.2, 0.25) is 5.13 Å². The van der Waals surface area contributed by atoms with Crippen LogP contribution in [0.4, 0.5) is 13.9 Å². The lowest BCUT2D eigenvalue weighted by atomic mass is 10.2. The molecule has 1 aromatic heterocycles. The Bertz CT molecular complexity index is 905. The van der Waals surface area contributed by atoms with E-state index >= 15 is 0 Å². The number of carbonyl (C=O) groups is 1. The van der Waals surface area contributed by atoms with Crippen LogP contribution in [0.2, 0.25) is 5.02 Å². The molecule has 0 spiro atoms. The van der Waals surface area contributed by atoms with Crippen LogP contribution in [0.5, 0.6) is 11.5 Å². The number of carbonyl (C=O) groups excluding carboxylic acids is 1. The van der Waals surface area contributed by atoms with Crippen LogP contribution in [0.1, 0.15) is 0 Å². The van der Waals surface area contributed by atoms with Crippen molar-refractivity contribution in [2.45, 2.75) is 6.61 Å². The summed E-state index contributed by atoms with van der Waals surface area (Å²) in [5, 5.41) is 3.45. The number of amides is 1. The van der Waals surface area contributed by atoms with Crippen molar-refractivity contribution in [3.63, 3.8) is 0 Å². The molecule has 0 bridgehead atoms. The first-order valence-corrected chi connectivity index (χ1v) is 8.72. The summed E-state index contributed by atoms with van der Waals surface area (Å²) < 4.78 is 38.1. The van der Waals surface area contributed by atoms with E-state index in [4.69, 9.17) is 16.3 Å². The topological polar surface area (TPSA) is 73.3 Å². The van der Waals surface area contributed by atoms with Gasteiger partial charge in [0.05, 0.1) is 0 Å². The van der Waals surface area contributed by atoms with Gasteiger partial charge in [-0.15, -0.1) is 0 Å². The molecule has 1 N–H and O–H groups in total. The molecule has 3 aromatic rings. The van der Waals surface area contributed by atoms with Crippen molar-refractivity contribution in [2.75, 3.05) is 11.9 Å². The summed E-state index contributed by atoms with van der Waals surface area (Å²) in [4.78, 5) is 16.1. The second-order valence-electron chi connectivity index (χ2n) is 5.12. The average Bonchev–Trinajstić information content (AvgIpc) is 3.10. The fourth-order valence-electron chi connectivity index (χ4n) is 2.01. The summed E-state index contributed by atoms with van der Waals surface area (Å²) in [6.07, 6.45) is 0. The minimum atomic E-state index is -2.88. The maximum absolute atomic E-state index is 12.2. The third-order valence-corrected chi connectivity index (χ3v) is 4.08. The van der Waals surface area contributed by atoms with Gasteiger partial charge in [-0.1, -0.05) is 11.6 Å². The van der Waals surface area contributed by atoms with E-state index in [1.807, 2.05) is 0 Å². The molecule has 140 valence electrons.